The van der Waals surface area contributed by atoms with Crippen molar-refractivity contribution >= 4 is 18.5 Å². The minimum absolute atomic E-state index is 0. The molecular formula is C51H94O31. The molecule has 16 N–H and O–H groups in total. The molecule has 4 heterocycles. The van der Waals surface area contributed by atoms with Crippen molar-refractivity contribution in [1.82, 2.24) is 0 Å². The molecule has 4 aliphatic heterocycles. The van der Waals surface area contributed by atoms with Gasteiger partial charge in [0.1, 0.15) is 85.5 Å². The van der Waals surface area contributed by atoms with Crippen LogP contribution in [0.1, 0.15) is 110 Å². The molecule has 484 valence electrons. The number of aliphatic hydroxyl groups excluding tert-OH is 14. The average Bonchev–Trinajstić information content (AvgIpc) is 3.32. The summed E-state index contributed by atoms with van der Waals surface area (Å²) >= 11 is 0. The highest BCUT2D eigenvalue weighted by atomic mass is 16.7. The smallest absolute Gasteiger partial charge is 0.373 e. The highest BCUT2D eigenvalue weighted by Crippen LogP contribution is 2.33. The fraction of sp³-hybridized carbons (Fsp3) is 0.902. The monoisotopic (exact) mass is 1200 g/mol. The summed E-state index contributed by atoms with van der Waals surface area (Å²) in [6.07, 6.45) is -18.5. The quantitative estimate of drug-likeness (QED) is 0.103. The van der Waals surface area contributed by atoms with Crippen LogP contribution in [0.5, 0.6) is 0 Å². The van der Waals surface area contributed by atoms with Gasteiger partial charge in [0.05, 0.1) is 66.3 Å². The van der Waals surface area contributed by atoms with Gasteiger partial charge in [-0.1, -0.05) is 0 Å². The second-order valence-electron chi connectivity index (χ2n) is 23.7. The molecule has 21 unspecified atom stereocenters. The van der Waals surface area contributed by atoms with E-state index in [9.17, 15) is 71.5 Å². The van der Waals surface area contributed by atoms with Crippen LogP contribution in [0.15, 0.2) is 12.3 Å². The van der Waals surface area contributed by atoms with Crippen LogP contribution in [0, 0.1) is 5.92 Å². The summed E-state index contributed by atoms with van der Waals surface area (Å²) in [6, 6.07) is 0. The first-order chi connectivity index (χ1) is 36.9. The molecule has 82 heavy (non-hydrogen) atoms. The van der Waals surface area contributed by atoms with Crippen molar-refractivity contribution in [3.05, 3.63) is 12.3 Å². The molecule has 5 rings (SSSR count). The van der Waals surface area contributed by atoms with Gasteiger partial charge < -0.3 is 124 Å². The van der Waals surface area contributed by atoms with Crippen molar-refractivity contribution in [2.24, 2.45) is 5.92 Å². The van der Waals surface area contributed by atoms with E-state index in [0.717, 1.165) is 0 Å². The number of hydrogen-bond donors (Lipinski definition) is 14. The third-order valence-electron chi connectivity index (χ3n) is 10.8. The van der Waals surface area contributed by atoms with Gasteiger partial charge in [0, 0.05) is 12.5 Å². The van der Waals surface area contributed by atoms with Crippen molar-refractivity contribution in [3.63, 3.8) is 0 Å². The third-order valence-corrected chi connectivity index (χ3v) is 10.8. The van der Waals surface area contributed by atoms with Crippen molar-refractivity contribution in [3.8, 4) is 0 Å². The van der Waals surface area contributed by atoms with Crippen LogP contribution in [-0.2, 0) is 76.1 Å². The van der Waals surface area contributed by atoms with Crippen LogP contribution in [0.3, 0.4) is 0 Å². The molecule has 5 aliphatic rings. The Morgan fingerprint density at radius 3 is 1.22 bits per heavy atom. The van der Waals surface area contributed by atoms with E-state index in [1.807, 2.05) is 62.3 Å². The molecule has 31 nitrogen and oxygen atoms in total. The Kier molecular flexibility index (Phi) is 38.4. The number of aliphatic hydroxyl groups is 14. The number of rotatable bonds is 9. The zero-order chi connectivity index (χ0) is 63.8. The molecule has 0 aromatic rings. The van der Waals surface area contributed by atoms with Gasteiger partial charge in [-0.3, -0.25) is 0 Å². The predicted octanol–water partition coefficient (Wildman–Crippen LogP) is -4.79. The largest absolute Gasteiger partial charge is 0.470 e. The fourth-order valence-electron chi connectivity index (χ4n) is 7.50. The van der Waals surface area contributed by atoms with Gasteiger partial charge in [0.25, 0.3) is 0 Å². The van der Waals surface area contributed by atoms with Crippen molar-refractivity contribution in [2.45, 2.75) is 261 Å². The van der Waals surface area contributed by atoms with Gasteiger partial charge >= 0.3 is 18.5 Å². The van der Waals surface area contributed by atoms with E-state index in [0.29, 0.717) is 0 Å². The number of carbonyl (C=O) groups excluding carboxylic acids is 6. The maximum absolute atomic E-state index is 10.5. The minimum atomic E-state index is -1.50. The van der Waals surface area contributed by atoms with E-state index in [1.165, 1.54) is 12.3 Å². The molecule has 1 aliphatic carbocycles. The van der Waals surface area contributed by atoms with Gasteiger partial charge in [0.15, 0.2) is 18.9 Å². The molecule has 0 bridgehead atoms. The maximum atomic E-state index is 10.5. The second kappa shape index (κ2) is 38.0. The van der Waals surface area contributed by atoms with Crippen LogP contribution >= 0.6 is 0 Å². The molecule has 0 radical (unpaired) electrons. The molecule has 3 saturated heterocycles. The maximum Gasteiger partial charge on any atom is 0.373 e. The average molecular weight is 1200 g/mol. The summed E-state index contributed by atoms with van der Waals surface area (Å²) in [7, 11) is 0. The summed E-state index contributed by atoms with van der Waals surface area (Å²) in [5, 5.41) is 136. The van der Waals surface area contributed by atoms with Crippen LogP contribution in [-0.4, -0.2) is 273 Å². The Morgan fingerprint density at radius 1 is 0.439 bits per heavy atom. The lowest BCUT2D eigenvalue weighted by molar-refractivity contribution is -0.355. The first-order valence-electron chi connectivity index (χ1n) is 25.6. The fourth-order valence-corrected chi connectivity index (χ4v) is 7.50. The molecule has 0 aromatic carbocycles. The van der Waals surface area contributed by atoms with E-state index in [-0.39, 0.29) is 56.1 Å². The normalized spacial score (nSPS) is 35.5. The highest BCUT2D eigenvalue weighted by molar-refractivity contribution is 5.20. The predicted molar refractivity (Wildman–Crippen MR) is 272 cm³/mol. The lowest BCUT2D eigenvalue weighted by Gasteiger charge is -2.46. The number of hydrogen-bond acceptors (Lipinski definition) is 30. The number of ether oxygens (including phenoxy) is 10. The summed E-state index contributed by atoms with van der Waals surface area (Å²) < 4.78 is 54.4. The van der Waals surface area contributed by atoms with Crippen molar-refractivity contribution in [1.29, 1.82) is 0 Å². The van der Waals surface area contributed by atoms with Crippen molar-refractivity contribution in [2.75, 3.05) is 26.4 Å². The Hall–Kier alpha value is -3.28. The summed E-state index contributed by atoms with van der Waals surface area (Å²) in [6.45, 7) is 26.4. The van der Waals surface area contributed by atoms with Crippen LogP contribution in [0.4, 0.5) is 0 Å². The Balaban J connectivity index is -0.00000101. The molecule has 0 amide bonds. The zero-order valence-electron chi connectivity index (χ0n) is 49.1. The van der Waals surface area contributed by atoms with Gasteiger partial charge in [-0.05, 0) is 116 Å². The van der Waals surface area contributed by atoms with Crippen LogP contribution in [0.25, 0.3) is 0 Å². The summed E-state index contributed by atoms with van der Waals surface area (Å²) in [5.74, 6) is -0.354. The SMILES string of the molecule is CC(C)(C)OC1C(CO)CC(O)C(O)C1O.CC(C)(C)OC1OC=CC(O)C1O.CC(C)(C)OC1OCC(O)C(O)C1O.CC(C)(C)OC1OCC(OC2OC(CO)C(OC(C)(C)C)C(O)C2O)C(O)C1O.O.O=C=O.O=C=O.O=C=O. The van der Waals surface area contributed by atoms with E-state index in [1.54, 1.807) is 41.5 Å². The van der Waals surface area contributed by atoms with E-state index >= 15 is 0 Å². The Morgan fingerprint density at radius 2 is 0.805 bits per heavy atom. The first-order valence-corrected chi connectivity index (χ1v) is 25.6. The van der Waals surface area contributed by atoms with Gasteiger partial charge in [-0.25, -0.2) is 0 Å². The molecular weight excluding hydrogens is 1110 g/mol. The first kappa shape index (κ1) is 82.9. The zero-order valence-corrected chi connectivity index (χ0v) is 49.1. The topological polar surface area (TPSA) is 509 Å². The van der Waals surface area contributed by atoms with Crippen molar-refractivity contribution < 1.29 is 153 Å². The van der Waals surface area contributed by atoms with Gasteiger partial charge in [0.2, 0.25) is 6.29 Å². The minimum Gasteiger partial charge on any atom is -0.470 e. The van der Waals surface area contributed by atoms with E-state index in [4.69, 9.17) is 76.1 Å². The molecule has 1 saturated carbocycles. The molecule has 0 spiro atoms. The van der Waals surface area contributed by atoms with Gasteiger partial charge in [-0.15, -0.1) is 0 Å². The standard InChI is InChI=1S/C19H36O10.C11H22O5.C9H18O5.C9H16O4.3CO2.H2O/c1-18(2,3)28-15-9(7-20)26-17(14(24)12(15)22)27-10-8-25-16(13(23)11(10)21)29-19(4,5)6;1-11(2,3)16-10-6(5-12)4-7(13)8(14)9(10)15;1-9(2,3)14-8-7(12)6(11)5(10)4-13-8;1-9(2,3)13-8-7(11)6(10)4-5-12-8;3*2-1-3;/h9-17,20-24H,7-8H2,1-6H3;6-10,12-15H,4-5H2,1-3H3;5-8,10-12H,4H2,1-3H3;4-8,10-11H,1-3H3;;;;1H2. The Bertz CT molecular complexity index is 1810. The highest BCUT2D eigenvalue weighted by Gasteiger charge is 2.50. The second-order valence-corrected chi connectivity index (χ2v) is 23.7. The van der Waals surface area contributed by atoms with E-state index in [2.05, 4.69) is 0 Å². The summed E-state index contributed by atoms with van der Waals surface area (Å²) in [4.78, 5) is 48.8. The Labute approximate surface area is 476 Å². The van der Waals surface area contributed by atoms with E-state index < -0.39 is 157 Å². The molecule has 21 atom stereocenters. The van der Waals surface area contributed by atoms with Crippen LogP contribution < -0.4 is 0 Å². The van der Waals surface area contributed by atoms with Gasteiger partial charge in [-0.2, -0.15) is 28.8 Å². The third kappa shape index (κ3) is 31.7. The lowest BCUT2D eigenvalue weighted by Crippen LogP contribution is -2.63. The van der Waals surface area contributed by atoms with Crippen LogP contribution in [0.2, 0.25) is 0 Å². The lowest BCUT2D eigenvalue weighted by atomic mass is 9.81. The molecule has 4 fully saturated rings. The summed E-state index contributed by atoms with van der Waals surface area (Å²) in [5.41, 5.74) is -2.58. The molecule has 31 heteroatoms. The molecule has 0 aromatic heterocycles.